The molecule has 2 aliphatic heterocycles. The number of aryl methyl sites for hydroxylation is 1. The van der Waals surface area contributed by atoms with Gasteiger partial charge >= 0.3 is 6.85 Å². The zero-order chi connectivity index (χ0) is 26.4. The van der Waals surface area contributed by atoms with Gasteiger partial charge in [0.25, 0.3) is 0 Å². The molecule has 0 N–H and O–H groups in total. The molecular weight excluding hydrogens is 483 g/mol. The second-order valence-corrected chi connectivity index (χ2v) is 11.0. The molecule has 0 unspecified atom stereocenters. The van der Waals surface area contributed by atoms with E-state index in [1.54, 1.807) is 0 Å². The Balaban J connectivity index is 1.55. The van der Waals surface area contributed by atoms with Crippen LogP contribution in [-0.2, 0) is 0 Å². The van der Waals surface area contributed by atoms with Gasteiger partial charge in [-0.05, 0) is 76.5 Å². The van der Waals surface area contributed by atoms with Gasteiger partial charge in [0.2, 0.25) is 0 Å². The Morgan fingerprint density at radius 1 is 0.550 bits per heavy atom. The van der Waals surface area contributed by atoms with E-state index in [9.17, 15) is 0 Å². The Bertz CT molecular complexity index is 2140. The molecule has 0 atom stereocenters. The predicted octanol–water partition coefficient (Wildman–Crippen LogP) is 8.00. The van der Waals surface area contributed by atoms with Crippen molar-refractivity contribution in [3.8, 4) is 27.9 Å². The van der Waals surface area contributed by atoms with Crippen LogP contribution in [0.3, 0.4) is 0 Å². The van der Waals surface area contributed by atoms with E-state index in [4.69, 9.17) is 0 Å². The number of nitrogens with zero attached hydrogens (tertiary/aromatic N) is 2. The van der Waals surface area contributed by atoms with Crippen LogP contribution < -0.4 is 15.7 Å². The van der Waals surface area contributed by atoms with Crippen molar-refractivity contribution in [1.82, 2.24) is 4.57 Å². The third-order valence-electron chi connectivity index (χ3n) is 8.91. The minimum Gasteiger partial charge on any atom is -0.376 e. The number of para-hydroxylation sites is 4. The highest BCUT2D eigenvalue weighted by Gasteiger charge is 2.44. The van der Waals surface area contributed by atoms with Gasteiger partial charge in [-0.3, -0.25) is 0 Å². The lowest BCUT2D eigenvalue weighted by molar-refractivity contribution is 1.18. The number of benzene rings is 6. The van der Waals surface area contributed by atoms with Gasteiger partial charge in [0.05, 0.1) is 11.0 Å². The fourth-order valence-corrected chi connectivity index (χ4v) is 7.30. The van der Waals surface area contributed by atoms with Crippen molar-refractivity contribution in [2.24, 2.45) is 0 Å². The van der Waals surface area contributed by atoms with E-state index in [2.05, 4.69) is 150 Å². The molecule has 2 aliphatic rings. The number of aromatic nitrogens is 1. The molecule has 6 aromatic carbocycles. The zero-order valence-corrected chi connectivity index (χ0v) is 22.2. The lowest BCUT2D eigenvalue weighted by Crippen LogP contribution is -2.60. The minimum atomic E-state index is 0.0636. The first-order chi connectivity index (χ1) is 19.8. The van der Waals surface area contributed by atoms with Crippen molar-refractivity contribution in [3.05, 3.63) is 139 Å². The molecule has 3 heteroatoms. The zero-order valence-electron chi connectivity index (χ0n) is 22.2. The van der Waals surface area contributed by atoms with Crippen molar-refractivity contribution in [2.45, 2.75) is 6.92 Å². The van der Waals surface area contributed by atoms with Crippen LogP contribution in [0.25, 0.3) is 49.7 Å². The molecule has 9 rings (SSSR count). The van der Waals surface area contributed by atoms with E-state index >= 15 is 0 Å². The third-order valence-corrected chi connectivity index (χ3v) is 8.91. The Morgan fingerprint density at radius 3 is 2.08 bits per heavy atom. The van der Waals surface area contributed by atoms with Crippen molar-refractivity contribution in [3.63, 3.8) is 0 Å². The normalized spacial score (nSPS) is 13.0. The van der Waals surface area contributed by atoms with Gasteiger partial charge in [0.15, 0.2) is 0 Å². The molecule has 0 bridgehead atoms. The van der Waals surface area contributed by atoms with Crippen LogP contribution >= 0.6 is 0 Å². The highest BCUT2D eigenvalue weighted by molar-refractivity contribution is 6.93. The summed E-state index contributed by atoms with van der Waals surface area (Å²) in [6.07, 6.45) is 0. The van der Waals surface area contributed by atoms with Crippen LogP contribution in [-0.4, -0.2) is 11.4 Å². The summed E-state index contributed by atoms with van der Waals surface area (Å²) in [6, 6.07) is 49.1. The van der Waals surface area contributed by atoms with Gasteiger partial charge in [-0.1, -0.05) is 97.1 Å². The summed E-state index contributed by atoms with van der Waals surface area (Å²) in [5, 5.41) is 2.65. The summed E-state index contributed by atoms with van der Waals surface area (Å²) >= 11 is 0. The molecule has 0 spiro atoms. The van der Waals surface area contributed by atoms with E-state index in [0.29, 0.717) is 0 Å². The molecule has 0 aliphatic carbocycles. The van der Waals surface area contributed by atoms with Gasteiger partial charge in [-0.15, -0.1) is 0 Å². The molecule has 0 radical (unpaired) electrons. The van der Waals surface area contributed by atoms with Crippen molar-refractivity contribution in [1.29, 1.82) is 0 Å². The summed E-state index contributed by atoms with van der Waals surface area (Å²) in [6.45, 7) is 2.29. The third kappa shape index (κ3) is 2.74. The second kappa shape index (κ2) is 8.00. The molecule has 0 fully saturated rings. The van der Waals surface area contributed by atoms with Crippen LogP contribution in [0.5, 0.6) is 0 Å². The Labute approximate surface area is 233 Å². The first-order valence-corrected chi connectivity index (χ1v) is 14.0. The molecule has 0 amide bonds. The molecular formula is C37H25BN2. The summed E-state index contributed by atoms with van der Waals surface area (Å²) in [5.74, 6) is 0. The Morgan fingerprint density at radius 2 is 1.23 bits per heavy atom. The number of hydrogen-bond donors (Lipinski definition) is 0. The predicted molar refractivity (Wildman–Crippen MR) is 170 cm³/mol. The standard InChI is InChI=1S/C37H25BN2/c1-24-13-5-6-16-26(24)29-23-30-27-17-7-11-21-33(27)40(25-14-3-2-4-15-25)38-31-19-9-12-22-34(31)39-32-20-10-8-18-28(32)35(29)37(39)36(30)38/h2-23H,1H3. The lowest BCUT2D eigenvalue weighted by Gasteiger charge is -2.42. The van der Waals surface area contributed by atoms with Crippen molar-refractivity contribution in [2.75, 3.05) is 4.81 Å². The fourth-order valence-electron chi connectivity index (χ4n) is 7.30. The van der Waals surface area contributed by atoms with Crippen LogP contribution in [0.15, 0.2) is 133 Å². The van der Waals surface area contributed by atoms with Gasteiger partial charge < -0.3 is 9.38 Å². The van der Waals surface area contributed by atoms with Gasteiger partial charge in [0.1, 0.15) is 0 Å². The quantitative estimate of drug-likeness (QED) is 0.215. The van der Waals surface area contributed by atoms with Crippen molar-refractivity contribution >= 4 is 51.0 Å². The van der Waals surface area contributed by atoms with E-state index < -0.39 is 0 Å². The maximum Gasteiger partial charge on any atom is 0.333 e. The largest absolute Gasteiger partial charge is 0.376 e. The Kier molecular flexibility index (Phi) is 4.37. The summed E-state index contributed by atoms with van der Waals surface area (Å²) in [4.78, 5) is 2.56. The molecule has 7 aromatic rings. The average Bonchev–Trinajstić information content (AvgIpc) is 3.37. The van der Waals surface area contributed by atoms with E-state index in [1.165, 1.54) is 77.6 Å². The molecule has 3 heterocycles. The van der Waals surface area contributed by atoms with Crippen LogP contribution in [0, 0.1) is 6.92 Å². The first-order valence-electron chi connectivity index (χ1n) is 14.0. The van der Waals surface area contributed by atoms with E-state index in [0.717, 1.165) is 0 Å². The molecule has 2 nitrogen and oxygen atoms in total. The number of anilines is 2. The van der Waals surface area contributed by atoms with E-state index in [1.807, 2.05) is 0 Å². The smallest absolute Gasteiger partial charge is 0.333 e. The fraction of sp³-hybridized carbons (Fsp3) is 0.0270. The Hall–Kier alpha value is -5.02. The van der Waals surface area contributed by atoms with Crippen molar-refractivity contribution < 1.29 is 0 Å². The molecule has 0 saturated heterocycles. The van der Waals surface area contributed by atoms with Crippen LogP contribution in [0.1, 0.15) is 5.56 Å². The molecule has 186 valence electrons. The number of rotatable bonds is 2. The monoisotopic (exact) mass is 508 g/mol. The number of hydrogen-bond acceptors (Lipinski definition) is 1. The van der Waals surface area contributed by atoms with Crippen LogP contribution in [0.2, 0.25) is 0 Å². The van der Waals surface area contributed by atoms with E-state index in [-0.39, 0.29) is 6.85 Å². The summed E-state index contributed by atoms with van der Waals surface area (Å²) < 4.78 is 2.54. The average molecular weight is 508 g/mol. The maximum atomic E-state index is 2.56. The lowest BCUT2D eigenvalue weighted by atomic mass is 9.44. The highest BCUT2D eigenvalue weighted by atomic mass is 15.1. The second-order valence-electron chi connectivity index (χ2n) is 11.0. The summed E-state index contributed by atoms with van der Waals surface area (Å²) in [7, 11) is 0. The van der Waals surface area contributed by atoms with Gasteiger partial charge in [0, 0.05) is 33.4 Å². The van der Waals surface area contributed by atoms with Gasteiger partial charge in [-0.25, -0.2) is 0 Å². The first kappa shape index (κ1) is 21.9. The highest BCUT2D eigenvalue weighted by Crippen LogP contribution is 2.47. The maximum absolute atomic E-state index is 2.56. The van der Waals surface area contributed by atoms with Gasteiger partial charge in [-0.2, -0.15) is 0 Å². The molecule has 1 aromatic heterocycles. The number of fused-ring (bicyclic) bond motifs is 8. The SMILES string of the molecule is Cc1ccccc1-c1cc2c3c4c1c1ccccc1n4-c1ccccc1B3N(c1ccccc1)c1ccccc1-2. The molecule has 40 heavy (non-hydrogen) atoms. The minimum absolute atomic E-state index is 0.0636. The topological polar surface area (TPSA) is 8.17 Å². The molecule has 0 saturated carbocycles. The van der Waals surface area contributed by atoms with Crippen LogP contribution in [0.4, 0.5) is 11.4 Å². The summed E-state index contributed by atoms with van der Waals surface area (Å²) in [5.41, 5.74) is 15.6.